The summed E-state index contributed by atoms with van der Waals surface area (Å²) in [6.45, 7) is 7.40. The van der Waals surface area contributed by atoms with Crippen LogP contribution in [0, 0.1) is 0 Å². The quantitative estimate of drug-likeness (QED) is 0.688. The molecule has 0 unspecified atom stereocenters. The maximum atomic E-state index is 4.05. The topological polar surface area (TPSA) is 37.8 Å². The van der Waals surface area contributed by atoms with E-state index in [1.54, 1.807) is 6.20 Å². The van der Waals surface area contributed by atoms with Gasteiger partial charge in [-0.1, -0.05) is 12.2 Å². The lowest BCUT2D eigenvalue weighted by Crippen LogP contribution is -2.15. The molecule has 4 heteroatoms. The fourth-order valence-electron chi connectivity index (χ4n) is 0.666. The van der Waals surface area contributed by atoms with Crippen molar-refractivity contribution < 1.29 is 0 Å². The highest BCUT2D eigenvalue weighted by molar-refractivity contribution is 6.99. The largest absolute Gasteiger partial charge is 0.307 e. The molecule has 0 aliphatic rings. The average Bonchev–Trinajstić information content (AvgIpc) is 2.39. The summed E-state index contributed by atoms with van der Waals surface area (Å²) in [6, 6.07) is 0. The highest BCUT2D eigenvalue weighted by atomic mass is 32.1. The molecule has 11 heavy (non-hydrogen) atoms. The van der Waals surface area contributed by atoms with Gasteiger partial charge < -0.3 is 5.32 Å². The van der Waals surface area contributed by atoms with Crippen LogP contribution in [0.3, 0.4) is 0 Å². The van der Waals surface area contributed by atoms with E-state index in [1.165, 1.54) is 11.7 Å². The normalized spacial score (nSPS) is 9.91. The molecule has 0 radical (unpaired) electrons. The van der Waals surface area contributed by atoms with E-state index in [9.17, 15) is 0 Å². The maximum absolute atomic E-state index is 4.05. The van der Waals surface area contributed by atoms with Gasteiger partial charge in [0.05, 0.1) is 23.6 Å². The lowest BCUT2D eigenvalue weighted by Gasteiger charge is -1.99. The smallest absolute Gasteiger partial charge is 0.0880 e. The molecule has 0 atom stereocenters. The molecule has 0 bridgehead atoms. The van der Waals surface area contributed by atoms with Crippen LogP contribution in [-0.2, 0) is 6.54 Å². The van der Waals surface area contributed by atoms with Crippen molar-refractivity contribution >= 4 is 11.7 Å². The third-order valence-electron chi connectivity index (χ3n) is 1.14. The van der Waals surface area contributed by atoms with Gasteiger partial charge in [-0.25, -0.2) is 0 Å². The Balaban J connectivity index is 2.19. The molecule has 1 heterocycles. The SMILES string of the molecule is C=C(C)CNCc1cnsn1. The van der Waals surface area contributed by atoms with E-state index < -0.39 is 0 Å². The molecule has 3 nitrogen and oxygen atoms in total. The highest BCUT2D eigenvalue weighted by Crippen LogP contribution is 1.93. The van der Waals surface area contributed by atoms with E-state index in [1.807, 2.05) is 6.92 Å². The fraction of sp³-hybridized carbons (Fsp3) is 0.429. The van der Waals surface area contributed by atoms with Crippen molar-refractivity contribution in [2.45, 2.75) is 13.5 Å². The number of hydrogen-bond acceptors (Lipinski definition) is 4. The summed E-state index contributed by atoms with van der Waals surface area (Å²) in [6.07, 6.45) is 1.77. The molecule has 0 fully saturated rings. The van der Waals surface area contributed by atoms with Crippen molar-refractivity contribution in [2.24, 2.45) is 0 Å². The number of aromatic nitrogens is 2. The van der Waals surface area contributed by atoms with E-state index in [4.69, 9.17) is 0 Å². The summed E-state index contributed by atoms with van der Waals surface area (Å²) in [5, 5.41) is 3.19. The maximum Gasteiger partial charge on any atom is 0.0880 e. The summed E-state index contributed by atoms with van der Waals surface area (Å²) in [5.41, 5.74) is 2.13. The Labute approximate surface area is 70.5 Å². The van der Waals surface area contributed by atoms with Gasteiger partial charge in [0.25, 0.3) is 0 Å². The van der Waals surface area contributed by atoms with E-state index >= 15 is 0 Å². The van der Waals surface area contributed by atoms with E-state index in [2.05, 4.69) is 20.6 Å². The zero-order chi connectivity index (χ0) is 8.10. The third kappa shape index (κ3) is 3.25. The second kappa shape index (κ2) is 4.20. The summed E-state index contributed by atoms with van der Waals surface area (Å²) < 4.78 is 7.94. The van der Waals surface area contributed by atoms with Crippen LogP contribution in [0.4, 0.5) is 0 Å². The van der Waals surface area contributed by atoms with Gasteiger partial charge in [0.15, 0.2) is 0 Å². The summed E-state index contributed by atoms with van der Waals surface area (Å²) in [5.74, 6) is 0. The Hall–Kier alpha value is -0.740. The predicted octanol–water partition coefficient (Wildman–Crippen LogP) is 1.20. The van der Waals surface area contributed by atoms with E-state index in [0.29, 0.717) is 0 Å². The van der Waals surface area contributed by atoms with Crippen LogP contribution < -0.4 is 5.32 Å². The van der Waals surface area contributed by atoms with Crippen molar-refractivity contribution in [1.82, 2.24) is 14.1 Å². The summed E-state index contributed by atoms with van der Waals surface area (Å²) in [7, 11) is 0. The summed E-state index contributed by atoms with van der Waals surface area (Å²) >= 11 is 1.24. The molecule has 0 aliphatic heterocycles. The van der Waals surface area contributed by atoms with Crippen LogP contribution in [0.1, 0.15) is 12.6 Å². The fourth-order valence-corrected chi connectivity index (χ4v) is 1.10. The minimum absolute atomic E-state index is 0.781. The van der Waals surface area contributed by atoms with Gasteiger partial charge in [0.2, 0.25) is 0 Å². The standard InChI is InChI=1S/C7H11N3S/c1-6(2)3-8-4-7-5-9-11-10-7/h5,8H,1,3-4H2,2H3. The molecular weight excluding hydrogens is 158 g/mol. The Kier molecular flexibility index (Phi) is 3.19. The van der Waals surface area contributed by atoms with Crippen LogP contribution >= 0.6 is 11.7 Å². The molecule has 60 valence electrons. The van der Waals surface area contributed by atoms with Gasteiger partial charge >= 0.3 is 0 Å². The Morgan fingerprint density at radius 1 is 1.82 bits per heavy atom. The zero-order valence-electron chi connectivity index (χ0n) is 6.50. The number of hydrogen-bond donors (Lipinski definition) is 1. The lowest BCUT2D eigenvalue weighted by molar-refractivity contribution is 0.729. The lowest BCUT2D eigenvalue weighted by atomic mass is 10.3. The number of rotatable bonds is 4. The van der Waals surface area contributed by atoms with Crippen molar-refractivity contribution in [3.05, 3.63) is 24.0 Å². The van der Waals surface area contributed by atoms with Gasteiger partial charge in [-0.05, 0) is 6.92 Å². The zero-order valence-corrected chi connectivity index (χ0v) is 7.32. The predicted molar refractivity (Wildman–Crippen MR) is 46.4 cm³/mol. The monoisotopic (exact) mass is 169 g/mol. The highest BCUT2D eigenvalue weighted by Gasteiger charge is 1.93. The molecule has 0 aliphatic carbocycles. The van der Waals surface area contributed by atoms with Crippen LogP contribution in [0.15, 0.2) is 18.3 Å². The van der Waals surface area contributed by atoms with Gasteiger partial charge in [0.1, 0.15) is 0 Å². The first-order valence-electron chi connectivity index (χ1n) is 3.40. The van der Waals surface area contributed by atoms with Crippen molar-refractivity contribution in [3.8, 4) is 0 Å². The van der Waals surface area contributed by atoms with Crippen molar-refractivity contribution in [2.75, 3.05) is 6.54 Å². The van der Waals surface area contributed by atoms with Crippen LogP contribution in [0.25, 0.3) is 0 Å². The molecule has 1 aromatic rings. The molecule has 0 saturated carbocycles. The molecule has 1 N–H and O–H groups in total. The van der Waals surface area contributed by atoms with E-state index in [0.717, 1.165) is 24.4 Å². The van der Waals surface area contributed by atoms with Crippen molar-refractivity contribution in [3.63, 3.8) is 0 Å². The second-order valence-electron chi connectivity index (χ2n) is 2.46. The first kappa shape index (κ1) is 8.36. The van der Waals surface area contributed by atoms with Crippen LogP contribution in [0.2, 0.25) is 0 Å². The minimum Gasteiger partial charge on any atom is -0.307 e. The molecular formula is C7H11N3S. The van der Waals surface area contributed by atoms with Crippen LogP contribution in [0.5, 0.6) is 0 Å². The first-order chi connectivity index (χ1) is 5.29. The Morgan fingerprint density at radius 2 is 2.64 bits per heavy atom. The minimum atomic E-state index is 0.781. The number of nitrogens with zero attached hydrogens (tertiary/aromatic N) is 2. The van der Waals surface area contributed by atoms with Crippen LogP contribution in [-0.4, -0.2) is 15.3 Å². The Bertz CT molecular complexity index is 218. The summed E-state index contributed by atoms with van der Waals surface area (Å²) in [4.78, 5) is 0. The first-order valence-corrected chi connectivity index (χ1v) is 4.13. The van der Waals surface area contributed by atoms with Gasteiger partial charge in [-0.15, -0.1) is 0 Å². The molecule has 0 amide bonds. The third-order valence-corrected chi connectivity index (χ3v) is 1.66. The molecule has 1 rings (SSSR count). The van der Waals surface area contributed by atoms with Gasteiger partial charge in [-0.3, -0.25) is 0 Å². The van der Waals surface area contributed by atoms with Crippen molar-refractivity contribution in [1.29, 1.82) is 0 Å². The Morgan fingerprint density at radius 3 is 3.18 bits per heavy atom. The average molecular weight is 169 g/mol. The van der Waals surface area contributed by atoms with Gasteiger partial charge in [-0.2, -0.15) is 8.75 Å². The molecule has 0 saturated heterocycles. The van der Waals surface area contributed by atoms with Gasteiger partial charge in [0, 0.05) is 13.1 Å². The molecule has 1 aromatic heterocycles. The van der Waals surface area contributed by atoms with E-state index in [-0.39, 0.29) is 0 Å². The molecule has 0 spiro atoms. The molecule has 0 aromatic carbocycles. The second-order valence-corrected chi connectivity index (χ2v) is 3.02. The number of nitrogens with one attached hydrogen (secondary N) is 1.